The van der Waals surface area contributed by atoms with E-state index in [4.69, 9.17) is 34.8 Å². The van der Waals surface area contributed by atoms with Gasteiger partial charge in [-0.1, -0.05) is 46.6 Å². The summed E-state index contributed by atoms with van der Waals surface area (Å²) in [6.07, 6.45) is 1.76. The molecular weight excluding hydrogens is 405 g/mol. The number of benzene rings is 1. The summed E-state index contributed by atoms with van der Waals surface area (Å²) in [4.78, 5) is 11.6. The molecule has 1 aromatic carbocycles. The largest absolute Gasteiger partial charge is 0.416 e. The molecule has 2 rings (SSSR count). The minimum Gasteiger partial charge on any atom is -0.416 e. The van der Waals surface area contributed by atoms with Gasteiger partial charge in [-0.25, -0.2) is 4.68 Å². The maximum absolute atomic E-state index is 12.5. The van der Waals surface area contributed by atoms with Crippen LogP contribution in [0.15, 0.2) is 12.1 Å². The van der Waals surface area contributed by atoms with E-state index in [1.54, 1.807) is 12.3 Å². The average Bonchev–Trinajstić information content (AvgIpc) is 2.77. The topological polar surface area (TPSA) is 44.1 Å². The van der Waals surface area contributed by atoms with Crippen molar-refractivity contribution in [2.24, 2.45) is 7.05 Å². The number of aromatic nitrogens is 2. The highest BCUT2D eigenvalue weighted by Gasteiger charge is 2.23. The number of nitrogens with zero attached hydrogens (tertiary/aromatic N) is 2. The van der Waals surface area contributed by atoms with Crippen LogP contribution in [0, 0.1) is 0 Å². The van der Waals surface area contributed by atoms with Crippen LogP contribution in [0.5, 0.6) is 5.88 Å². The van der Waals surface area contributed by atoms with E-state index in [0.29, 0.717) is 16.1 Å². The highest BCUT2D eigenvalue weighted by atomic mass is 35.5. The Balaban J connectivity index is 2.52. The van der Waals surface area contributed by atoms with Gasteiger partial charge in [-0.2, -0.15) is 13.9 Å². The molecule has 10 heteroatoms. The molecule has 0 amide bonds. The van der Waals surface area contributed by atoms with Gasteiger partial charge in [0.25, 0.3) is 0 Å². The SMILES string of the molecule is CSC(=O)Cc1cc(-c2nn(C)c(OC(F)F)c2Cl)c(Cl)cc1Cl. The number of alkyl halides is 2. The number of rotatable bonds is 5. The number of carbonyl (C=O) groups excluding carboxylic acids is 1. The lowest BCUT2D eigenvalue weighted by atomic mass is 10.1. The predicted octanol–water partition coefficient (Wildman–Crippen LogP) is 5.08. The number of carbonyl (C=O) groups is 1. The van der Waals surface area contributed by atoms with Crippen LogP contribution in [0.2, 0.25) is 15.1 Å². The molecule has 0 N–H and O–H groups in total. The molecule has 0 radical (unpaired) electrons. The van der Waals surface area contributed by atoms with Crippen LogP contribution in [0.1, 0.15) is 5.56 Å². The highest BCUT2D eigenvalue weighted by molar-refractivity contribution is 8.13. The molecule has 0 bridgehead atoms. The van der Waals surface area contributed by atoms with E-state index >= 15 is 0 Å². The number of ether oxygens (including phenoxy) is 1. The van der Waals surface area contributed by atoms with Crippen LogP contribution in [-0.4, -0.2) is 27.8 Å². The summed E-state index contributed by atoms with van der Waals surface area (Å²) in [5, 5.41) is 4.43. The van der Waals surface area contributed by atoms with E-state index < -0.39 is 6.61 Å². The third-order valence-corrected chi connectivity index (χ3v) is 4.70. The van der Waals surface area contributed by atoms with Crippen molar-refractivity contribution in [1.82, 2.24) is 9.78 Å². The molecule has 0 aliphatic carbocycles. The Bertz CT molecular complexity index is 784. The van der Waals surface area contributed by atoms with E-state index in [9.17, 15) is 13.6 Å². The second-order valence-corrected chi connectivity index (χ2v) is 6.70. The van der Waals surface area contributed by atoms with Crippen molar-refractivity contribution in [3.05, 3.63) is 32.8 Å². The van der Waals surface area contributed by atoms with Gasteiger partial charge in [0.1, 0.15) is 10.7 Å². The summed E-state index contributed by atoms with van der Waals surface area (Å²) in [6.45, 7) is -3.04. The Morgan fingerprint density at radius 1 is 1.33 bits per heavy atom. The molecule has 4 nitrogen and oxygen atoms in total. The molecule has 0 saturated heterocycles. The normalized spacial score (nSPS) is 11.2. The maximum atomic E-state index is 12.5. The fourth-order valence-electron chi connectivity index (χ4n) is 2.01. The summed E-state index contributed by atoms with van der Waals surface area (Å²) >= 11 is 19.5. The van der Waals surface area contributed by atoms with Crippen LogP contribution < -0.4 is 4.74 Å². The Labute approximate surface area is 156 Å². The van der Waals surface area contributed by atoms with Crippen molar-refractivity contribution < 1.29 is 18.3 Å². The molecule has 0 atom stereocenters. The first-order valence-corrected chi connectivity index (χ1v) is 8.82. The molecule has 0 fully saturated rings. The second kappa shape index (κ2) is 7.91. The quantitative estimate of drug-likeness (QED) is 0.683. The molecule has 0 unspecified atom stereocenters. The molecule has 0 saturated carbocycles. The Morgan fingerprint density at radius 2 is 2.00 bits per heavy atom. The summed E-state index contributed by atoms with van der Waals surface area (Å²) in [6, 6.07) is 3.03. The molecule has 1 heterocycles. The standard InChI is InChI=1S/C14H11Cl3F2N2O2S/c1-21-13(23-14(18)19)11(17)12(20-21)7-3-6(4-10(22)24-2)8(15)5-9(7)16/h3,5,14H,4H2,1-2H3. The van der Waals surface area contributed by atoms with Crippen LogP contribution in [0.4, 0.5) is 8.78 Å². The average molecular weight is 416 g/mol. The van der Waals surface area contributed by atoms with Gasteiger partial charge in [-0.3, -0.25) is 4.79 Å². The van der Waals surface area contributed by atoms with Crippen LogP contribution >= 0.6 is 46.6 Å². The Kier molecular flexibility index (Phi) is 6.36. The number of halogens is 5. The third kappa shape index (κ3) is 4.14. The lowest BCUT2D eigenvalue weighted by Crippen LogP contribution is -2.06. The molecule has 130 valence electrons. The van der Waals surface area contributed by atoms with Crippen molar-refractivity contribution in [2.75, 3.05) is 6.26 Å². The van der Waals surface area contributed by atoms with E-state index in [1.165, 1.54) is 13.1 Å². The molecule has 0 spiro atoms. The van der Waals surface area contributed by atoms with Crippen molar-refractivity contribution in [1.29, 1.82) is 0 Å². The van der Waals surface area contributed by atoms with Crippen LogP contribution in [-0.2, 0) is 18.3 Å². The smallest absolute Gasteiger partial charge is 0.388 e. The lowest BCUT2D eigenvalue weighted by Gasteiger charge is -2.08. The van der Waals surface area contributed by atoms with Crippen molar-refractivity contribution in [3.63, 3.8) is 0 Å². The molecule has 2 aromatic rings. The number of hydrogen-bond acceptors (Lipinski definition) is 4. The zero-order valence-corrected chi connectivity index (χ0v) is 15.5. The first-order valence-electron chi connectivity index (χ1n) is 6.47. The highest BCUT2D eigenvalue weighted by Crippen LogP contribution is 2.40. The zero-order valence-electron chi connectivity index (χ0n) is 12.4. The van der Waals surface area contributed by atoms with Crippen LogP contribution in [0.3, 0.4) is 0 Å². The second-order valence-electron chi connectivity index (χ2n) is 4.65. The van der Waals surface area contributed by atoms with Gasteiger partial charge in [0.2, 0.25) is 5.88 Å². The van der Waals surface area contributed by atoms with E-state index in [2.05, 4.69) is 9.84 Å². The minimum absolute atomic E-state index is 0.0842. The number of thioether (sulfide) groups is 1. The summed E-state index contributed by atoms with van der Waals surface area (Å²) in [7, 11) is 1.41. The van der Waals surface area contributed by atoms with E-state index in [-0.39, 0.29) is 33.2 Å². The number of hydrogen-bond donors (Lipinski definition) is 0. The van der Waals surface area contributed by atoms with Crippen molar-refractivity contribution in [2.45, 2.75) is 13.0 Å². The monoisotopic (exact) mass is 414 g/mol. The molecule has 0 aliphatic rings. The fourth-order valence-corrected chi connectivity index (χ4v) is 3.15. The minimum atomic E-state index is -3.04. The van der Waals surface area contributed by atoms with Crippen LogP contribution in [0.25, 0.3) is 11.3 Å². The van der Waals surface area contributed by atoms with E-state index in [1.807, 2.05) is 0 Å². The third-order valence-electron chi connectivity index (χ3n) is 3.09. The van der Waals surface area contributed by atoms with Gasteiger partial charge in [0.05, 0.1) is 5.02 Å². The van der Waals surface area contributed by atoms with Gasteiger partial charge < -0.3 is 4.74 Å². The fraction of sp³-hybridized carbons (Fsp3) is 0.286. The molecular formula is C14H11Cl3F2N2O2S. The van der Waals surface area contributed by atoms with Gasteiger partial charge >= 0.3 is 6.61 Å². The summed E-state index contributed by atoms with van der Waals surface area (Å²) < 4.78 is 30.4. The van der Waals surface area contributed by atoms with Gasteiger partial charge in [-0.15, -0.1) is 0 Å². The van der Waals surface area contributed by atoms with Gasteiger partial charge in [0, 0.05) is 24.1 Å². The summed E-state index contributed by atoms with van der Waals surface area (Å²) in [5.74, 6) is -0.283. The van der Waals surface area contributed by atoms with Gasteiger partial charge in [-0.05, 0) is 24.0 Å². The first kappa shape index (κ1) is 19.3. The maximum Gasteiger partial charge on any atom is 0.388 e. The molecule has 24 heavy (non-hydrogen) atoms. The summed E-state index contributed by atoms with van der Waals surface area (Å²) in [5.41, 5.74) is 1.07. The predicted molar refractivity (Wildman–Crippen MR) is 92.5 cm³/mol. The lowest BCUT2D eigenvalue weighted by molar-refractivity contribution is -0.110. The zero-order chi connectivity index (χ0) is 18.0. The Hall–Kier alpha value is -1.02. The van der Waals surface area contributed by atoms with Crippen molar-refractivity contribution >= 4 is 51.7 Å². The van der Waals surface area contributed by atoms with E-state index in [0.717, 1.165) is 16.4 Å². The first-order chi connectivity index (χ1) is 11.2. The molecule has 1 aromatic heterocycles. The molecule has 0 aliphatic heterocycles. The Morgan fingerprint density at radius 3 is 2.58 bits per heavy atom. The van der Waals surface area contributed by atoms with Crippen molar-refractivity contribution in [3.8, 4) is 17.1 Å². The van der Waals surface area contributed by atoms with Gasteiger partial charge in [0.15, 0.2) is 5.12 Å². The number of aryl methyl sites for hydroxylation is 1.